The highest BCUT2D eigenvalue weighted by Gasteiger charge is 2.04. The standard InChI is InChI=1S/C8H11NO2.C2H2O4/c10-8(6-9-11)7-4-2-1-3-5-7;3-1(4)2(5)6/h1-5,8-11H,6H2;(H,3,4)(H,5,6). The molecule has 94 valence electrons. The second-order valence-electron chi connectivity index (χ2n) is 2.90. The van der Waals surface area contributed by atoms with Gasteiger partial charge in [0.25, 0.3) is 0 Å². The van der Waals surface area contributed by atoms with Gasteiger partial charge < -0.3 is 20.5 Å². The van der Waals surface area contributed by atoms with Crippen LogP contribution >= 0.6 is 0 Å². The van der Waals surface area contributed by atoms with E-state index in [0.29, 0.717) is 0 Å². The zero-order valence-corrected chi connectivity index (χ0v) is 8.78. The highest BCUT2D eigenvalue weighted by molar-refractivity contribution is 6.27. The summed E-state index contributed by atoms with van der Waals surface area (Å²) in [5.74, 6) is -3.65. The van der Waals surface area contributed by atoms with Gasteiger partial charge in [-0.2, -0.15) is 0 Å². The quantitative estimate of drug-likeness (QED) is 0.369. The molecule has 1 rings (SSSR count). The molecule has 0 radical (unpaired) electrons. The number of rotatable bonds is 3. The van der Waals surface area contributed by atoms with E-state index in [9.17, 15) is 5.11 Å². The maximum atomic E-state index is 9.30. The molecule has 0 bridgehead atoms. The highest BCUT2D eigenvalue weighted by atomic mass is 16.5. The number of nitrogens with one attached hydrogen (secondary N) is 1. The molecule has 1 aromatic carbocycles. The largest absolute Gasteiger partial charge is 0.473 e. The fraction of sp³-hybridized carbons (Fsp3) is 0.200. The van der Waals surface area contributed by atoms with Crippen molar-refractivity contribution in [3.63, 3.8) is 0 Å². The van der Waals surface area contributed by atoms with Crippen LogP contribution < -0.4 is 5.48 Å². The summed E-state index contributed by atoms with van der Waals surface area (Å²) in [5, 5.41) is 32.4. The lowest BCUT2D eigenvalue weighted by Gasteiger charge is -2.08. The molecule has 1 atom stereocenters. The predicted molar refractivity (Wildman–Crippen MR) is 56.5 cm³/mol. The van der Waals surface area contributed by atoms with Crippen molar-refractivity contribution < 1.29 is 30.1 Å². The Kier molecular flexibility index (Phi) is 7.27. The molecular weight excluding hydrogens is 230 g/mol. The maximum Gasteiger partial charge on any atom is 0.414 e. The van der Waals surface area contributed by atoms with Gasteiger partial charge in [0.15, 0.2) is 0 Å². The molecule has 0 fully saturated rings. The van der Waals surface area contributed by atoms with Gasteiger partial charge in [-0.1, -0.05) is 30.3 Å². The average molecular weight is 243 g/mol. The van der Waals surface area contributed by atoms with Gasteiger partial charge in [0, 0.05) is 0 Å². The zero-order chi connectivity index (χ0) is 13.3. The molecule has 7 nitrogen and oxygen atoms in total. The lowest BCUT2D eigenvalue weighted by Crippen LogP contribution is -2.17. The molecule has 1 unspecified atom stereocenters. The van der Waals surface area contributed by atoms with E-state index in [-0.39, 0.29) is 6.54 Å². The predicted octanol–water partition coefficient (Wildman–Crippen LogP) is -0.146. The summed E-state index contributed by atoms with van der Waals surface area (Å²) >= 11 is 0. The fourth-order valence-corrected chi connectivity index (χ4v) is 0.880. The number of carboxylic acid groups (broad SMARTS) is 2. The summed E-state index contributed by atoms with van der Waals surface area (Å²) in [6.45, 7) is 0.157. The Morgan fingerprint density at radius 2 is 1.59 bits per heavy atom. The van der Waals surface area contributed by atoms with E-state index >= 15 is 0 Å². The molecular formula is C10H13NO6. The molecule has 0 saturated heterocycles. The summed E-state index contributed by atoms with van der Waals surface area (Å²) in [4.78, 5) is 18.2. The second kappa shape index (κ2) is 8.22. The smallest absolute Gasteiger partial charge is 0.414 e. The fourth-order valence-electron chi connectivity index (χ4n) is 0.880. The summed E-state index contributed by atoms with van der Waals surface area (Å²) in [6, 6.07) is 9.18. The summed E-state index contributed by atoms with van der Waals surface area (Å²) in [6.07, 6.45) is -0.638. The molecule has 5 N–H and O–H groups in total. The number of carboxylic acids is 2. The topological polar surface area (TPSA) is 127 Å². The molecule has 0 aliphatic heterocycles. The van der Waals surface area contributed by atoms with Crippen LogP contribution in [0.4, 0.5) is 0 Å². The Hall–Kier alpha value is -1.96. The molecule has 1 aromatic rings. The van der Waals surface area contributed by atoms with Crippen LogP contribution in [-0.4, -0.2) is 39.0 Å². The van der Waals surface area contributed by atoms with Gasteiger partial charge in [-0.25, -0.2) is 15.1 Å². The van der Waals surface area contributed by atoms with Crippen molar-refractivity contribution in [1.29, 1.82) is 0 Å². The van der Waals surface area contributed by atoms with Crippen molar-refractivity contribution >= 4 is 11.9 Å². The SMILES string of the molecule is O=C(O)C(=O)O.ONCC(O)c1ccccc1. The van der Waals surface area contributed by atoms with Crippen LogP contribution in [-0.2, 0) is 9.59 Å². The van der Waals surface area contributed by atoms with E-state index in [0.717, 1.165) is 5.56 Å². The van der Waals surface area contributed by atoms with Crippen LogP contribution in [0.2, 0.25) is 0 Å². The van der Waals surface area contributed by atoms with Crippen LogP contribution in [0.1, 0.15) is 11.7 Å². The molecule has 17 heavy (non-hydrogen) atoms. The van der Waals surface area contributed by atoms with Gasteiger partial charge in [-0.15, -0.1) is 0 Å². The number of hydroxylamine groups is 1. The van der Waals surface area contributed by atoms with E-state index in [2.05, 4.69) is 0 Å². The van der Waals surface area contributed by atoms with Gasteiger partial charge in [0.05, 0.1) is 12.6 Å². The van der Waals surface area contributed by atoms with Crippen molar-refractivity contribution in [3.05, 3.63) is 35.9 Å². The third-order valence-electron chi connectivity index (χ3n) is 1.65. The number of hydrogen-bond donors (Lipinski definition) is 5. The second-order valence-corrected chi connectivity index (χ2v) is 2.90. The minimum Gasteiger partial charge on any atom is -0.473 e. The Bertz CT molecular complexity index is 341. The van der Waals surface area contributed by atoms with Gasteiger partial charge in [-0.05, 0) is 5.56 Å². The van der Waals surface area contributed by atoms with Crippen LogP contribution in [0, 0.1) is 0 Å². The molecule has 0 aromatic heterocycles. The molecule has 0 amide bonds. The Morgan fingerprint density at radius 1 is 1.12 bits per heavy atom. The molecule has 0 heterocycles. The number of carbonyl (C=O) groups is 2. The number of benzene rings is 1. The molecule has 0 spiro atoms. The van der Waals surface area contributed by atoms with E-state index < -0.39 is 18.0 Å². The first-order valence-electron chi connectivity index (χ1n) is 4.55. The third-order valence-corrected chi connectivity index (χ3v) is 1.65. The third kappa shape index (κ3) is 7.01. The number of aliphatic hydroxyl groups is 1. The lowest BCUT2D eigenvalue weighted by molar-refractivity contribution is -0.159. The van der Waals surface area contributed by atoms with Gasteiger partial charge in [0.2, 0.25) is 0 Å². The van der Waals surface area contributed by atoms with Crippen molar-refractivity contribution in [3.8, 4) is 0 Å². The van der Waals surface area contributed by atoms with Crippen LogP contribution in [0.15, 0.2) is 30.3 Å². The van der Waals surface area contributed by atoms with Crippen LogP contribution in [0.3, 0.4) is 0 Å². The highest BCUT2D eigenvalue weighted by Crippen LogP contribution is 2.09. The summed E-state index contributed by atoms with van der Waals surface area (Å²) in [7, 11) is 0. The van der Waals surface area contributed by atoms with Crippen molar-refractivity contribution in [2.24, 2.45) is 0 Å². The molecule has 7 heteroatoms. The first kappa shape index (κ1) is 15.0. The molecule has 0 aliphatic rings. The molecule has 0 aliphatic carbocycles. The van der Waals surface area contributed by atoms with Gasteiger partial charge >= 0.3 is 11.9 Å². The van der Waals surface area contributed by atoms with E-state index in [1.54, 1.807) is 0 Å². The van der Waals surface area contributed by atoms with Crippen molar-refractivity contribution in [1.82, 2.24) is 5.48 Å². The number of aliphatic carboxylic acids is 2. The van der Waals surface area contributed by atoms with Gasteiger partial charge in [-0.3, -0.25) is 0 Å². The first-order chi connectivity index (χ1) is 7.99. The van der Waals surface area contributed by atoms with E-state index in [1.807, 2.05) is 35.8 Å². The Morgan fingerprint density at radius 3 is 1.94 bits per heavy atom. The van der Waals surface area contributed by atoms with Crippen molar-refractivity contribution in [2.45, 2.75) is 6.10 Å². The maximum absolute atomic E-state index is 9.30. The monoisotopic (exact) mass is 243 g/mol. The Labute approximate surface area is 96.9 Å². The minimum absolute atomic E-state index is 0.157. The van der Waals surface area contributed by atoms with Crippen LogP contribution in [0.25, 0.3) is 0 Å². The van der Waals surface area contributed by atoms with Crippen LogP contribution in [0.5, 0.6) is 0 Å². The van der Waals surface area contributed by atoms with E-state index in [4.69, 9.17) is 25.0 Å². The van der Waals surface area contributed by atoms with Crippen molar-refractivity contribution in [2.75, 3.05) is 6.54 Å². The number of aliphatic hydroxyl groups excluding tert-OH is 1. The normalized spacial score (nSPS) is 10.9. The van der Waals surface area contributed by atoms with Gasteiger partial charge in [0.1, 0.15) is 0 Å². The summed E-state index contributed by atoms with van der Waals surface area (Å²) < 4.78 is 0. The Balaban J connectivity index is 0.000000366. The minimum atomic E-state index is -1.82. The zero-order valence-electron chi connectivity index (χ0n) is 8.78. The molecule has 0 saturated carbocycles. The van der Waals surface area contributed by atoms with E-state index in [1.165, 1.54) is 0 Å². The average Bonchev–Trinajstić information content (AvgIpc) is 2.31. The lowest BCUT2D eigenvalue weighted by atomic mass is 10.1. The summed E-state index contributed by atoms with van der Waals surface area (Å²) in [5.41, 5.74) is 2.72. The first-order valence-corrected chi connectivity index (χ1v) is 4.55. The number of hydrogen-bond acceptors (Lipinski definition) is 5.